The molecule has 0 spiro atoms. The largest absolute Gasteiger partial charge is 0.495 e. The van der Waals surface area contributed by atoms with Crippen LogP contribution in [0.2, 0.25) is 4.34 Å². The predicted molar refractivity (Wildman–Crippen MR) is 142 cm³/mol. The third-order valence-corrected chi connectivity index (χ3v) is 7.02. The molecule has 0 aromatic carbocycles. The van der Waals surface area contributed by atoms with Crippen LogP contribution >= 0.6 is 34.5 Å². The number of anilines is 1. The van der Waals surface area contributed by atoms with Gasteiger partial charge in [0.1, 0.15) is 23.0 Å². The molecule has 0 aliphatic rings. The van der Waals surface area contributed by atoms with E-state index in [9.17, 15) is 14.4 Å². The first-order chi connectivity index (χ1) is 17.1. The van der Waals surface area contributed by atoms with Gasteiger partial charge in [0.15, 0.2) is 0 Å². The summed E-state index contributed by atoms with van der Waals surface area (Å²) in [4.78, 5) is 40.2. The van der Waals surface area contributed by atoms with Crippen molar-refractivity contribution in [2.75, 3.05) is 12.4 Å². The number of halogens is 1. The number of nitrogens with zero attached hydrogens (tertiary/aromatic N) is 4. The van der Waals surface area contributed by atoms with Crippen molar-refractivity contribution in [3.63, 3.8) is 0 Å². The van der Waals surface area contributed by atoms with E-state index >= 15 is 0 Å². The van der Waals surface area contributed by atoms with Crippen molar-refractivity contribution >= 4 is 52.0 Å². The highest BCUT2D eigenvalue weighted by atomic mass is 35.5. The van der Waals surface area contributed by atoms with E-state index in [-0.39, 0.29) is 35.2 Å². The third kappa shape index (κ3) is 5.58. The highest BCUT2D eigenvalue weighted by Gasteiger charge is 2.28. The molecule has 36 heavy (non-hydrogen) atoms. The summed E-state index contributed by atoms with van der Waals surface area (Å²) in [5, 5.41) is 9.42. The van der Waals surface area contributed by atoms with Gasteiger partial charge in [0, 0.05) is 27.9 Å². The molecule has 0 radical (unpaired) electrons. The summed E-state index contributed by atoms with van der Waals surface area (Å²) in [6.07, 6.45) is 1.47. The average Bonchev–Trinajstić information content (AvgIpc) is 3.59. The minimum Gasteiger partial charge on any atom is -0.495 e. The zero-order valence-electron chi connectivity index (χ0n) is 20.1. The number of hydrogen-bond donors (Lipinski definition) is 1. The van der Waals surface area contributed by atoms with Crippen LogP contribution in [0.15, 0.2) is 46.7 Å². The fourth-order valence-electron chi connectivity index (χ4n) is 3.35. The Morgan fingerprint density at radius 1 is 1.19 bits per heavy atom. The number of Topliss-reactive ketones (excluding diaryl/α,β-unsaturated/α-hetero) is 1. The van der Waals surface area contributed by atoms with Crippen LogP contribution in [0.3, 0.4) is 0 Å². The van der Waals surface area contributed by atoms with Crippen molar-refractivity contribution in [2.24, 2.45) is 5.41 Å². The van der Waals surface area contributed by atoms with Gasteiger partial charge in [-0.2, -0.15) is 14.2 Å². The Labute approximate surface area is 220 Å². The molecular formula is C24H24ClN5O4S2. The van der Waals surface area contributed by atoms with Crippen molar-refractivity contribution in [2.45, 2.75) is 33.9 Å². The van der Waals surface area contributed by atoms with Crippen LogP contribution < -0.4 is 15.6 Å². The molecule has 0 amide bonds. The maximum atomic E-state index is 13.4. The number of carbonyl (C=O) groups excluding carboxylic acids is 2. The quantitative estimate of drug-likeness (QED) is 0.308. The number of hydrogen-bond acceptors (Lipinski definition) is 9. The molecule has 4 rings (SSSR count). The molecule has 188 valence electrons. The summed E-state index contributed by atoms with van der Waals surface area (Å²) < 4.78 is 12.6. The fraction of sp³-hybridized carbons (Fsp3) is 0.292. The molecule has 0 aliphatic carbocycles. The fourth-order valence-corrected chi connectivity index (χ4v) is 4.90. The second-order valence-electron chi connectivity index (χ2n) is 8.98. The van der Waals surface area contributed by atoms with E-state index in [1.807, 2.05) is 6.07 Å². The second-order valence-corrected chi connectivity index (χ2v) is 11.4. The van der Waals surface area contributed by atoms with E-state index in [4.69, 9.17) is 16.3 Å². The van der Waals surface area contributed by atoms with Gasteiger partial charge in [-0.3, -0.25) is 14.4 Å². The molecule has 0 bridgehead atoms. The zero-order chi connectivity index (χ0) is 26.0. The molecule has 0 saturated heterocycles. The Kier molecular flexibility index (Phi) is 7.43. The minimum atomic E-state index is -0.722. The van der Waals surface area contributed by atoms with Crippen LogP contribution in [0.25, 0.3) is 11.3 Å². The SMILES string of the molecule is COc1cc(-c2cc(NCc3ccc(Cl)s3)n(C(=O)C(C)(C)C)n2)c(=O)n(CC(=O)c2ccsn2)c1. The lowest BCUT2D eigenvalue weighted by atomic mass is 9.96. The first-order valence-corrected chi connectivity index (χ1v) is 13.0. The third-order valence-electron chi connectivity index (χ3n) is 5.23. The van der Waals surface area contributed by atoms with Gasteiger partial charge < -0.3 is 14.6 Å². The van der Waals surface area contributed by atoms with E-state index in [0.29, 0.717) is 22.4 Å². The monoisotopic (exact) mass is 545 g/mol. The number of nitrogens with one attached hydrogen (secondary N) is 1. The molecule has 0 unspecified atom stereocenters. The lowest BCUT2D eigenvalue weighted by Gasteiger charge is -2.18. The molecule has 0 fully saturated rings. The Hall–Kier alpha value is -3.28. The van der Waals surface area contributed by atoms with Crippen molar-refractivity contribution in [3.05, 3.63) is 67.2 Å². The number of aromatic nitrogens is 4. The van der Waals surface area contributed by atoms with Gasteiger partial charge in [-0.05, 0) is 35.8 Å². The molecule has 0 atom stereocenters. The zero-order valence-corrected chi connectivity index (χ0v) is 22.5. The maximum Gasteiger partial charge on any atom is 0.260 e. The number of ketones is 1. The van der Waals surface area contributed by atoms with Gasteiger partial charge in [0.2, 0.25) is 5.78 Å². The molecule has 0 saturated carbocycles. The number of ether oxygens (including phenoxy) is 1. The summed E-state index contributed by atoms with van der Waals surface area (Å²) in [5.41, 5.74) is -0.401. The smallest absolute Gasteiger partial charge is 0.260 e. The standard InChI is InChI=1S/C24H24ClN5O4S2/c1-24(2,3)23(33)30-21(26-11-15-5-6-20(25)36-15)10-18(27-30)16-9-14(34-4)12-29(22(16)32)13-19(31)17-7-8-35-28-17/h5-10,12,26H,11,13H2,1-4H3. The maximum absolute atomic E-state index is 13.4. The van der Waals surface area contributed by atoms with Crippen LogP contribution in [-0.2, 0) is 13.1 Å². The summed E-state index contributed by atoms with van der Waals surface area (Å²) in [5.74, 6) is 0.252. The predicted octanol–water partition coefficient (Wildman–Crippen LogP) is 5.07. The van der Waals surface area contributed by atoms with Gasteiger partial charge in [-0.15, -0.1) is 11.3 Å². The second kappa shape index (κ2) is 10.4. The molecule has 4 aromatic heterocycles. The number of carbonyl (C=O) groups is 2. The van der Waals surface area contributed by atoms with Gasteiger partial charge in [0.25, 0.3) is 11.5 Å². The van der Waals surface area contributed by atoms with Crippen LogP contribution in [0.1, 0.15) is 40.9 Å². The van der Waals surface area contributed by atoms with E-state index < -0.39 is 11.0 Å². The van der Waals surface area contributed by atoms with Crippen molar-refractivity contribution in [1.29, 1.82) is 0 Å². The van der Waals surface area contributed by atoms with Crippen LogP contribution in [-0.4, -0.2) is 37.5 Å². The summed E-state index contributed by atoms with van der Waals surface area (Å²) >= 11 is 8.63. The van der Waals surface area contributed by atoms with E-state index in [2.05, 4.69) is 14.8 Å². The summed E-state index contributed by atoms with van der Waals surface area (Å²) in [7, 11) is 1.47. The van der Waals surface area contributed by atoms with Crippen molar-refractivity contribution in [1.82, 2.24) is 18.7 Å². The van der Waals surface area contributed by atoms with E-state index in [0.717, 1.165) is 16.4 Å². The minimum absolute atomic E-state index is 0.197. The van der Waals surface area contributed by atoms with Gasteiger partial charge in [-0.25, -0.2) is 0 Å². The molecule has 9 nitrogen and oxygen atoms in total. The molecule has 4 aromatic rings. The Balaban J connectivity index is 1.75. The molecule has 4 heterocycles. The van der Waals surface area contributed by atoms with Crippen LogP contribution in [0.5, 0.6) is 5.75 Å². The van der Waals surface area contributed by atoms with E-state index in [1.165, 1.54) is 33.9 Å². The normalized spacial score (nSPS) is 11.5. The van der Waals surface area contributed by atoms with Gasteiger partial charge >= 0.3 is 0 Å². The topological polar surface area (TPSA) is 108 Å². The molecule has 0 aliphatic heterocycles. The molecular weight excluding hydrogens is 522 g/mol. The van der Waals surface area contributed by atoms with Crippen LogP contribution in [0, 0.1) is 5.41 Å². The number of pyridine rings is 1. The van der Waals surface area contributed by atoms with Gasteiger partial charge in [-0.1, -0.05) is 32.4 Å². The Bertz CT molecular complexity index is 1460. The molecule has 12 heteroatoms. The van der Waals surface area contributed by atoms with Crippen molar-refractivity contribution < 1.29 is 14.3 Å². The lowest BCUT2D eigenvalue weighted by Crippen LogP contribution is -2.29. The molecule has 1 N–H and O–H groups in total. The first kappa shape index (κ1) is 25.8. The van der Waals surface area contributed by atoms with Crippen molar-refractivity contribution in [3.8, 4) is 17.0 Å². The first-order valence-electron chi connectivity index (χ1n) is 10.9. The Morgan fingerprint density at radius 3 is 2.58 bits per heavy atom. The number of thiophene rings is 1. The van der Waals surface area contributed by atoms with E-state index in [1.54, 1.807) is 50.4 Å². The van der Waals surface area contributed by atoms with Crippen LogP contribution in [0.4, 0.5) is 5.82 Å². The summed E-state index contributed by atoms with van der Waals surface area (Å²) in [6, 6.07) is 8.49. The highest BCUT2D eigenvalue weighted by molar-refractivity contribution is 7.16. The highest BCUT2D eigenvalue weighted by Crippen LogP contribution is 2.28. The van der Waals surface area contributed by atoms with Gasteiger partial charge in [0.05, 0.1) is 30.1 Å². The Morgan fingerprint density at radius 2 is 1.97 bits per heavy atom. The summed E-state index contributed by atoms with van der Waals surface area (Å²) in [6.45, 7) is 5.59. The number of methoxy groups -OCH3 is 1. The number of rotatable bonds is 8. The lowest BCUT2D eigenvalue weighted by molar-refractivity contribution is 0.0752. The average molecular weight is 546 g/mol.